The van der Waals surface area contributed by atoms with Gasteiger partial charge >= 0.3 is 0 Å². The number of quaternary nitrogens is 2. The first-order chi connectivity index (χ1) is 13.2. The van der Waals surface area contributed by atoms with E-state index in [1.54, 1.807) is 4.90 Å². The molecule has 0 radical (unpaired) electrons. The Morgan fingerprint density at radius 3 is 2.04 bits per heavy atom. The van der Waals surface area contributed by atoms with Crippen LogP contribution in [0.5, 0.6) is 0 Å². The van der Waals surface area contributed by atoms with E-state index in [2.05, 4.69) is 24.3 Å². The second kappa shape index (κ2) is 8.03. The zero-order chi connectivity index (χ0) is 18.6. The van der Waals surface area contributed by atoms with Gasteiger partial charge in [0.05, 0.1) is 13.0 Å². The number of amides is 2. The van der Waals surface area contributed by atoms with Crippen molar-refractivity contribution in [3.63, 3.8) is 0 Å². The molecule has 5 heteroatoms. The number of piperazine rings is 1. The van der Waals surface area contributed by atoms with E-state index in [-0.39, 0.29) is 17.9 Å². The predicted octanol–water partition coefficient (Wildman–Crippen LogP) is -0.702. The maximum Gasteiger partial charge on any atom is 0.288 e. The van der Waals surface area contributed by atoms with Gasteiger partial charge in [-0.1, -0.05) is 60.7 Å². The van der Waals surface area contributed by atoms with E-state index < -0.39 is 0 Å². The molecule has 140 valence electrons. The van der Waals surface area contributed by atoms with Gasteiger partial charge in [-0.2, -0.15) is 0 Å². The van der Waals surface area contributed by atoms with Gasteiger partial charge in [-0.15, -0.1) is 0 Å². The van der Waals surface area contributed by atoms with Crippen LogP contribution in [-0.2, 0) is 22.7 Å². The van der Waals surface area contributed by atoms with Crippen LogP contribution in [0.25, 0.3) is 0 Å². The number of carbonyl (C=O) groups is 2. The quantitative estimate of drug-likeness (QED) is 0.689. The molecule has 2 fully saturated rings. The van der Waals surface area contributed by atoms with Gasteiger partial charge < -0.3 is 9.80 Å². The number of hydrogen-bond acceptors (Lipinski definition) is 2. The van der Waals surface area contributed by atoms with Gasteiger partial charge in [-0.3, -0.25) is 14.5 Å². The van der Waals surface area contributed by atoms with Gasteiger partial charge in [0.1, 0.15) is 32.7 Å². The number of hydrogen-bond donors (Lipinski definition) is 2. The summed E-state index contributed by atoms with van der Waals surface area (Å²) in [5.41, 5.74) is 2.36. The number of likely N-dealkylation sites (tertiary alicyclic amines) is 1. The van der Waals surface area contributed by atoms with E-state index in [0.717, 1.165) is 38.3 Å². The lowest BCUT2D eigenvalue weighted by molar-refractivity contribution is -1.02. The van der Waals surface area contributed by atoms with Gasteiger partial charge in [0.25, 0.3) is 5.91 Å². The lowest BCUT2D eigenvalue weighted by Gasteiger charge is -2.32. The Bertz CT molecular complexity index is 786. The number of carbonyl (C=O) groups excluding carboxylic acids is 2. The van der Waals surface area contributed by atoms with Crippen molar-refractivity contribution >= 4 is 11.8 Å². The highest BCUT2D eigenvalue weighted by Gasteiger charge is 2.46. The Hall–Kier alpha value is -2.50. The minimum atomic E-state index is -0.195. The summed E-state index contributed by atoms with van der Waals surface area (Å²) in [6, 6.07) is 20.1. The normalized spacial score (nSPS) is 25.8. The number of benzene rings is 2. The molecule has 2 N–H and O–H groups in total. The summed E-state index contributed by atoms with van der Waals surface area (Å²) in [5.74, 6) is -0.0224. The average Bonchev–Trinajstić information content (AvgIpc) is 2.98. The molecule has 0 spiro atoms. The monoisotopic (exact) mass is 365 g/mol. The standard InChI is InChI=1S/C22H25N3O2/c26-21-15-20(22(27)25(21)17-19-9-5-2-6-10-19)24-13-11-23(12-14-24)16-18-7-3-1-4-8-18/h1-10,20H,11-17H2/p+2/t20-/m1/s1. The maximum atomic E-state index is 12.9. The lowest BCUT2D eigenvalue weighted by Crippen LogP contribution is -3.29. The van der Waals surface area contributed by atoms with Crippen LogP contribution in [0.3, 0.4) is 0 Å². The average molecular weight is 365 g/mol. The molecule has 2 heterocycles. The smallest absolute Gasteiger partial charge is 0.288 e. The van der Waals surface area contributed by atoms with E-state index in [9.17, 15) is 9.59 Å². The first kappa shape index (κ1) is 17.9. The molecule has 4 rings (SSSR count). The van der Waals surface area contributed by atoms with E-state index >= 15 is 0 Å². The molecule has 0 saturated carbocycles. The van der Waals surface area contributed by atoms with Gasteiger partial charge in [0.15, 0.2) is 6.04 Å². The summed E-state index contributed by atoms with van der Waals surface area (Å²) in [6.45, 7) is 5.41. The summed E-state index contributed by atoms with van der Waals surface area (Å²) in [7, 11) is 0. The zero-order valence-electron chi connectivity index (χ0n) is 15.6. The minimum absolute atomic E-state index is 0.00497. The van der Waals surface area contributed by atoms with Crippen LogP contribution in [0.4, 0.5) is 0 Å². The fraction of sp³-hybridized carbons (Fsp3) is 0.364. The molecule has 0 unspecified atom stereocenters. The third-order valence-electron chi connectivity index (χ3n) is 5.82. The predicted molar refractivity (Wildman–Crippen MR) is 102 cm³/mol. The van der Waals surface area contributed by atoms with Crippen LogP contribution in [0.15, 0.2) is 60.7 Å². The fourth-order valence-corrected chi connectivity index (χ4v) is 4.27. The Balaban J connectivity index is 1.33. The highest BCUT2D eigenvalue weighted by Crippen LogP contribution is 2.15. The van der Waals surface area contributed by atoms with Crippen molar-refractivity contribution in [2.45, 2.75) is 25.6 Å². The van der Waals surface area contributed by atoms with E-state index in [4.69, 9.17) is 0 Å². The van der Waals surface area contributed by atoms with Crippen molar-refractivity contribution in [2.75, 3.05) is 26.2 Å². The molecule has 2 amide bonds. The third-order valence-corrected chi connectivity index (χ3v) is 5.82. The summed E-state index contributed by atoms with van der Waals surface area (Å²) in [5, 5.41) is 0. The molecule has 1 atom stereocenters. The topological polar surface area (TPSA) is 46.3 Å². The van der Waals surface area contributed by atoms with Crippen LogP contribution in [0, 0.1) is 0 Å². The molecule has 0 aromatic heterocycles. The second-order valence-electron chi connectivity index (χ2n) is 7.63. The van der Waals surface area contributed by atoms with Crippen LogP contribution in [-0.4, -0.2) is 48.9 Å². The SMILES string of the molecule is O=C1C[C@@H]([NH+]2CC[NH+](Cc3ccccc3)CC2)C(=O)N1Cc1ccccc1. The molecule has 0 bridgehead atoms. The van der Waals surface area contributed by atoms with Gasteiger partial charge in [-0.25, -0.2) is 0 Å². The van der Waals surface area contributed by atoms with Crippen molar-refractivity contribution in [2.24, 2.45) is 0 Å². The number of imide groups is 1. The van der Waals surface area contributed by atoms with Crippen LogP contribution in [0.2, 0.25) is 0 Å². The van der Waals surface area contributed by atoms with Gasteiger partial charge in [-0.05, 0) is 5.56 Å². The first-order valence-electron chi connectivity index (χ1n) is 9.81. The molecule has 5 nitrogen and oxygen atoms in total. The molecule has 2 aliphatic heterocycles. The molecular weight excluding hydrogens is 338 g/mol. The van der Waals surface area contributed by atoms with Crippen LogP contribution in [0.1, 0.15) is 17.5 Å². The van der Waals surface area contributed by atoms with Crippen LogP contribution < -0.4 is 9.80 Å². The van der Waals surface area contributed by atoms with E-state index in [1.165, 1.54) is 15.4 Å². The second-order valence-corrected chi connectivity index (χ2v) is 7.63. The molecule has 2 aromatic rings. The maximum absolute atomic E-state index is 12.9. The number of nitrogens with one attached hydrogen (secondary N) is 2. The van der Waals surface area contributed by atoms with Crippen molar-refractivity contribution in [1.29, 1.82) is 0 Å². The zero-order valence-corrected chi connectivity index (χ0v) is 15.6. The van der Waals surface area contributed by atoms with E-state index in [0.29, 0.717) is 13.0 Å². The van der Waals surface area contributed by atoms with Crippen LogP contribution >= 0.6 is 0 Å². The highest BCUT2D eigenvalue weighted by molar-refractivity contribution is 6.04. The summed E-state index contributed by atoms with van der Waals surface area (Å²) in [4.78, 5) is 29.6. The largest absolute Gasteiger partial charge is 0.322 e. The fourth-order valence-electron chi connectivity index (χ4n) is 4.27. The van der Waals surface area contributed by atoms with Crippen molar-refractivity contribution in [3.05, 3.63) is 71.8 Å². The Morgan fingerprint density at radius 1 is 0.815 bits per heavy atom. The molecule has 27 heavy (non-hydrogen) atoms. The summed E-state index contributed by atoms with van der Waals surface area (Å²) >= 11 is 0. The minimum Gasteiger partial charge on any atom is -0.322 e. The van der Waals surface area contributed by atoms with Gasteiger partial charge in [0.2, 0.25) is 5.91 Å². The van der Waals surface area contributed by atoms with Gasteiger partial charge in [0, 0.05) is 5.56 Å². The summed E-state index contributed by atoms with van der Waals surface area (Å²) < 4.78 is 0. The molecule has 0 aliphatic carbocycles. The number of rotatable bonds is 5. The van der Waals surface area contributed by atoms with Crippen molar-refractivity contribution in [3.8, 4) is 0 Å². The summed E-state index contributed by atoms with van der Waals surface area (Å²) in [6.07, 6.45) is 0.356. The molecule has 2 saturated heterocycles. The molecule has 2 aliphatic rings. The third kappa shape index (κ3) is 4.10. The molecule has 2 aromatic carbocycles. The number of nitrogens with zero attached hydrogens (tertiary/aromatic N) is 1. The van der Waals surface area contributed by atoms with Crippen molar-refractivity contribution in [1.82, 2.24) is 4.90 Å². The Labute approximate surface area is 160 Å². The first-order valence-corrected chi connectivity index (χ1v) is 9.81. The molecular formula is C22H27N3O2+2. The van der Waals surface area contributed by atoms with Crippen molar-refractivity contribution < 1.29 is 19.4 Å². The highest BCUT2D eigenvalue weighted by atomic mass is 16.2. The Kier molecular flexibility index (Phi) is 5.32. The van der Waals surface area contributed by atoms with E-state index in [1.807, 2.05) is 36.4 Å². The Morgan fingerprint density at radius 2 is 1.41 bits per heavy atom. The lowest BCUT2D eigenvalue weighted by atomic mass is 10.1.